The second-order valence-electron chi connectivity index (χ2n) is 3.88. The molecule has 2 N–H and O–H groups in total. The van der Waals surface area contributed by atoms with Gasteiger partial charge in [-0.1, -0.05) is 0 Å². The monoisotopic (exact) mass is 291 g/mol. The first-order chi connectivity index (χ1) is 9.27. The van der Waals surface area contributed by atoms with E-state index in [1.807, 2.05) is 0 Å². The highest BCUT2D eigenvalue weighted by atomic mass is 19.1. The Morgan fingerprint density at radius 2 is 1.90 bits per heavy atom. The second kappa shape index (κ2) is 6.35. The molecule has 0 aliphatic carbocycles. The minimum Gasteiger partial charge on any atom is -0.469 e. The fraction of sp³-hybridized carbons (Fsp3) is 0.364. The Morgan fingerprint density at radius 3 is 2.30 bits per heavy atom. The molecule has 9 heteroatoms. The van der Waals surface area contributed by atoms with Crippen LogP contribution in [0, 0.1) is 21.7 Å². The second-order valence-corrected chi connectivity index (χ2v) is 3.88. The molecule has 0 spiro atoms. The minimum atomic E-state index is -1.79. The number of aliphatic hydroxyl groups is 2. The Labute approximate surface area is 111 Å². The van der Waals surface area contributed by atoms with Crippen LogP contribution in [0.4, 0.5) is 14.5 Å². The highest BCUT2D eigenvalue weighted by molar-refractivity contribution is 5.69. The molecule has 0 radical (unpaired) electrons. The third-order valence-electron chi connectivity index (χ3n) is 2.53. The van der Waals surface area contributed by atoms with E-state index >= 15 is 0 Å². The van der Waals surface area contributed by atoms with E-state index in [0.717, 1.165) is 7.11 Å². The van der Waals surface area contributed by atoms with E-state index in [4.69, 9.17) is 0 Å². The van der Waals surface area contributed by atoms with E-state index in [-0.39, 0.29) is 0 Å². The van der Waals surface area contributed by atoms with Crippen molar-refractivity contribution in [3.63, 3.8) is 0 Å². The molecule has 1 rings (SSSR count). The van der Waals surface area contributed by atoms with E-state index in [2.05, 4.69) is 4.74 Å². The van der Waals surface area contributed by atoms with Crippen molar-refractivity contribution in [1.82, 2.24) is 0 Å². The van der Waals surface area contributed by atoms with Gasteiger partial charge in [0.25, 0.3) is 0 Å². The number of hydrogen-bond donors (Lipinski definition) is 2. The molecular weight excluding hydrogens is 280 g/mol. The van der Waals surface area contributed by atoms with Crippen molar-refractivity contribution in [2.75, 3.05) is 7.11 Å². The first-order valence-corrected chi connectivity index (χ1v) is 5.34. The van der Waals surface area contributed by atoms with Crippen LogP contribution in [-0.4, -0.2) is 34.3 Å². The molecule has 0 aromatic heterocycles. The van der Waals surface area contributed by atoms with Crippen LogP contribution in [0.3, 0.4) is 0 Å². The van der Waals surface area contributed by atoms with Gasteiger partial charge in [0.2, 0.25) is 11.6 Å². The van der Waals surface area contributed by atoms with Gasteiger partial charge in [-0.05, 0) is 17.7 Å². The maximum Gasteiger partial charge on any atom is 0.340 e. The number of rotatable bonds is 5. The fourth-order valence-electron chi connectivity index (χ4n) is 1.52. The molecule has 0 aliphatic rings. The zero-order valence-corrected chi connectivity index (χ0v) is 10.2. The summed E-state index contributed by atoms with van der Waals surface area (Å²) in [6.07, 6.45) is -4.06. The highest BCUT2D eigenvalue weighted by Crippen LogP contribution is 2.27. The van der Waals surface area contributed by atoms with Crippen molar-refractivity contribution in [3.05, 3.63) is 39.4 Å². The van der Waals surface area contributed by atoms with E-state index in [1.54, 1.807) is 0 Å². The van der Waals surface area contributed by atoms with Crippen LogP contribution in [0.2, 0.25) is 0 Å². The molecule has 0 heterocycles. The van der Waals surface area contributed by atoms with Crippen molar-refractivity contribution in [2.45, 2.75) is 18.6 Å². The maximum absolute atomic E-state index is 13.3. The lowest BCUT2D eigenvalue weighted by Gasteiger charge is -2.17. The molecule has 2 atom stereocenters. The van der Waals surface area contributed by atoms with Crippen LogP contribution in [-0.2, 0) is 9.53 Å². The smallest absolute Gasteiger partial charge is 0.340 e. The maximum atomic E-state index is 13.3. The molecular formula is C11H11F2NO6. The molecule has 0 saturated carbocycles. The summed E-state index contributed by atoms with van der Waals surface area (Å²) >= 11 is 0. The van der Waals surface area contributed by atoms with E-state index in [0.29, 0.717) is 12.1 Å². The Hall–Kier alpha value is -2.13. The summed E-state index contributed by atoms with van der Waals surface area (Å²) in [6, 6.07) is 1.04. The molecule has 0 saturated heterocycles. The number of ether oxygens (including phenoxy) is 1. The van der Waals surface area contributed by atoms with Gasteiger partial charge in [0.05, 0.1) is 24.6 Å². The van der Waals surface area contributed by atoms with Crippen molar-refractivity contribution >= 4 is 11.7 Å². The Kier molecular flexibility index (Phi) is 5.06. The largest absolute Gasteiger partial charge is 0.469 e. The summed E-state index contributed by atoms with van der Waals surface area (Å²) in [5.74, 6) is -3.82. The van der Waals surface area contributed by atoms with E-state index < -0.39 is 52.4 Å². The van der Waals surface area contributed by atoms with Gasteiger partial charge in [-0.3, -0.25) is 14.9 Å². The van der Waals surface area contributed by atoms with Crippen LogP contribution >= 0.6 is 0 Å². The quantitative estimate of drug-likeness (QED) is 0.472. The van der Waals surface area contributed by atoms with Gasteiger partial charge in [0.1, 0.15) is 6.10 Å². The molecule has 0 fully saturated rings. The third-order valence-corrected chi connectivity index (χ3v) is 2.53. The Bertz CT molecular complexity index is 513. The van der Waals surface area contributed by atoms with Crippen LogP contribution in [0.5, 0.6) is 0 Å². The number of halogens is 2. The highest BCUT2D eigenvalue weighted by Gasteiger charge is 2.27. The van der Waals surface area contributed by atoms with Gasteiger partial charge < -0.3 is 14.9 Å². The first kappa shape index (κ1) is 15.9. The number of hydrogen-bond acceptors (Lipinski definition) is 6. The third kappa shape index (κ3) is 3.45. The first-order valence-electron chi connectivity index (χ1n) is 5.34. The number of carbonyl (C=O) groups excluding carboxylic acids is 1. The molecule has 0 amide bonds. The lowest BCUT2D eigenvalue weighted by Crippen LogP contribution is -2.23. The number of nitro benzene ring substituents is 1. The van der Waals surface area contributed by atoms with Gasteiger partial charge in [-0.2, -0.15) is 8.78 Å². The molecule has 1 aromatic carbocycles. The van der Waals surface area contributed by atoms with Gasteiger partial charge >= 0.3 is 11.7 Å². The predicted molar refractivity (Wildman–Crippen MR) is 60.6 cm³/mol. The predicted octanol–water partition coefficient (Wildman–Crippen LogP) is 0.830. The lowest BCUT2D eigenvalue weighted by atomic mass is 10.0. The van der Waals surface area contributed by atoms with Crippen molar-refractivity contribution in [2.24, 2.45) is 0 Å². The summed E-state index contributed by atoms with van der Waals surface area (Å²) in [5, 5.41) is 29.5. The average molecular weight is 291 g/mol. The van der Waals surface area contributed by atoms with Gasteiger partial charge in [0, 0.05) is 0 Å². The number of nitro groups is 1. The Balaban J connectivity index is 3.03. The average Bonchev–Trinajstić information content (AvgIpc) is 2.36. The number of carbonyl (C=O) groups is 1. The molecule has 1 aromatic rings. The van der Waals surface area contributed by atoms with Crippen molar-refractivity contribution in [1.29, 1.82) is 0 Å². The summed E-state index contributed by atoms with van der Waals surface area (Å²) in [4.78, 5) is 20.1. The molecule has 0 bridgehead atoms. The fourth-order valence-corrected chi connectivity index (χ4v) is 1.52. The number of esters is 1. The van der Waals surface area contributed by atoms with Crippen molar-refractivity contribution in [3.8, 4) is 0 Å². The normalized spacial score (nSPS) is 13.7. The van der Waals surface area contributed by atoms with Crippen LogP contribution in [0.25, 0.3) is 0 Å². The minimum absolute atomic E-state index is 0.429. The van der Waals surface area contributed by atoms with Crippen LogP contribution in [0.15, 0.2) is 12.1 Å². The topological polar surface area (TPSA) is 110 Å². The summed E-state index contributed by atoms with van der Waals surface area (Å²) in [7, 11) is 1.06. The molecule has 0 aliphatic heterocycles. The van der Waals surface area contributed by atoms with E-state index in [9.17, 15) is 33.9 Å². The molecule has 7 nitrogen and oxygen atoms in total. The van der Waals surface area contributed by atoms with Crippen LogP contribution in [0.1, 0.15) is 18.1 Å². The van der Waals surface area contributed by atoms with Crippen molar-refractivity contribution < 1.29 is 33.4 Å². The summed E-state index contributed by atoms with van der Waals surface area (Å²) < 4.78 is 31.0. The molecule has 110 valence electrons. The zero-order valence-electron chi connectivity index (χ0n) is 10.2. The lowest BCUT2D eigenvalue weighted by molar-refractivity contribution is -0.390. The Morgan fingerprint density at radius 1 is 1.40 bits per heavy atom. The standard InChI is InChI=1S/C11H11F2NO6/c1-20-9(16)4-8(15)11(17)5-2-6(12)10(14(18)19)7(13)3-5/h2-3,8,11,15,17H,4H2,1H3. The van der Waals surface area contributed by atoms with Gasteiger partial charge in [-0.25, -0.2) is 0 Å². The van der Waals surface area contributed by atoms with Gasteiger partial charge in [0.15, 0.2) is 0 Å². The summed E-state index contributed by atoms with van der Waals surface area (Å²) in [6.45, 7) is 0. The van der Waals surface area contributed by atoms with Crippen LogP contribution < -0.4 is 0 Å². The van der Waals surface area contributed by atoms with Gasteiger partial charge in [-0.15, -0.1) is 0 Å². The SMILES string of the molecule is COC(=O)CC(O)C(O)c1cc(F)c([N+](=O)[O-])c(F)c1. The zero-order chi connectivity index (χ0) is 15.4. The number of nitrogens with zero attached hydrogens (tertiary/aromatic N) is 1. The number of aliphatic hydroxyl groups excluding tert-OH is 2. The van der Waals surface area contributed by atoms with E-state index in [1.165, 1.54) is 0 Å². The number of methoxy groups -OCH3 is 1. The molecule has 20 heavy (non-hydrogen) atoms. The summed E-state index contributed by atoms with van der Waals surface area (Å²) in [5.41, 5.74) is -1.79. The number of benzene rings is 1. The molecule has 2 unspecified atom stereocenters.